The van der Waals surface area contributed by atoms with Crippen LogP contribution in [-0.4, -0.2) is 9.88 Å². The summed E-state index contributed by atoms with van der Waals surface area (Å²) in [4.78, 5) is 6.64. The van der Waals surface area contributed by atoms with Crippen molar-refractivity contribution in [3.8, 4) is 0 Å². The van der Waals surface area contributed by atoms with Crippen LogP contribution in [0.2, 0.25) is 0 Å². The lowest BCUT2D eigenvalue weighted by Crippen LogP contribution is -2.22. The van der Waals surface area contributed by atoms with E-state index in [4.69, 9.17) is 0 Å². The van der Waals surface area contributed by atoms with E-state index in [0.717, 1.165) is 19.6 Å². The number of benzene rings is 2. The van der Waals surface area contributed by atoms with Crippen LogP contribution in [-0.2, 0) is 25.0 Å². The molecule has 0 atom stereocenters. The van der Waals surface area contributed by atoms with Gasteiger partial charge in [-0.15, -0.1) is 0 Å². The third-order valence-corrected chi connectivity index (χ3v) is 4.91. The predicted molar refractivity (Wildman–Crippen MR) is 114 cm³/mol. The topological polar surface area (TPSA) is 16.1 Å². The first-order valence-electron chi connectivity index (χ1n) is 9.66. The molecule has 2 aromatic carbocycles. The first kappa shape index (κ1) is 19.3. The summed E-state index contributed by atoms with van der Waals surface area (Å²) in [5, 5.41) is 0. The average Bonchev–Trinajstić information content (AvgIpc) is 2.64. The monoisotopic (exact) mass is 358 g/mol. The first-order chi connectivity index (χ1) is 12.9. The van der Waals surface area contributed by atoms with E-state index in [0.29, 0.717) is 0 Å². The molecule has 0 amide bonds. The van der Waals surface area contributed by atoms with E-state index in [9.17, 15) is 0 Å². The summed E-state index contributed by atoms with van der Waals surface area (Å²) in [5.74, 6) is 0. The molecule has 0 unspecified atom stereocenters. The van der Waals surface area contributed by atoms with E-state index in [1.807, 2.05) is 12.4 Å². The smallest absolute Gasteiger partial charge is 0.0271 e. The third-order valence-electron chi connectivity index (χ3n) is 4.91. The number of aromatic nitrogens is 1. The molecule has 0 aliphatic carbocycles. The summed E-state index contributed by atoms with van der Waals surface area (Å²) < 4.78 is 0. The number of hydrogen-bond acceptors (Lipinski definition) is 2. The maximum atomic E-state index is 4.14. The highest BCUT2D eigenvalue weighted by atomic mass is 15.1. The van der Waals surface area contributed by atoms with Crippen molar-refractivity contribution in [2.75, 3.05) is 0 Å². The molecule has 2 nitrogen and oxygen atoms in total. The first-order valence-corrected chi connectivity index (χ1v) is 9.66. The Morgan fingerprint density at radius 2 is 1.11 bits per heavy atom. The van der Waals surface area contributed by atoms with Crippen molar-refractivity contribution in [2.45, 2.75) is 52.7 Å². The second kappa shape index (κ2) is 8.49. The van der Waals surface area contributed by atoms with Gasteiger partial charge >= 0.3 is 0 Å². The van der Waals surface area contributed by atoms with Crippen molar-refractivity contribution in [2.24, 2.45) is 0 Å². The molecule has 0 saturated heterocycles. The fourth-order valence-corrected chi connectivity index (χ4v) is 3.23. The maximum absolute atomic E-state index is 4.14. The van der Waals surface area contributed by atoms with E-state index in [1.165, 1.54) is 27.8 Å². The van der Waals surface area contributed by atoms with Gasteiger partial charge in [0.15, 0.2) is 0 Å². The normalized spacial score (nSPS) is 11.7. The quantitative estimate of drug-likeness (QED) is 0.546. The van der Waals surface area contributed by atoms with E-state index in [-0.39, 0.29) is 5.41 Å². The molecule has 0 fully saturated rings. The highest BCUT2D eigenvalue weighted by Gasteiger charge is 2.14. The lowest BCUT2D eigenvalue weighted by molar-refractivity contribution is 0.247. The Bertz CT molecular complexity index is 828. The number of pyridine rings is 1. The minimum Gasteiger partial charge on any atom is -0.291 e. The zero-order chi connectivity index (χ0) is 19.3. The molecule has 0 spiro atoms. The lowest BCUT2D eigenvalue weighted by Gasteiger charge is -2.24. The van der Waals surface area contributed by atoms with Crippen LogP contribution in [0.4, 0.5) is 0 Å². The zero-order valence-corrected chi connectivity index (χ0v) is 16.9. The summed E-state index contributed by atoms with van der Waals surface area (Å²) >= 11 is 0. The maximum Gasteiger partial charge on any atom is 0.0271 e. The fraction of sp³-hybridized carbons (Fsp3) is 0.320. The molecule has 0 aliphatic heterocycles. The third kappa shape index (κ3) is 5.77. The molecule has 0 bridgehead atoms. The van der Waals surface area contributed by atoms with Gasteiger partial charge in [0.05, 0.1) is 0 Å². The van der Waals surface area contributed by atoms with Gasteiger partial charge in [-0.05, 0) is 46.7 Å². The summed E-state index contributed by atoms with van der Waals surface area (Å²) in [6.07, 6.45) is 3.75. The van der Waals surface area contributed by atoms with Crippen LogP contribution in [0, 0.1) is 6.92 Å². The van der Waals surface area contributed by atoms with Crippen LogP contribution < -0.4 is 0 Å². The molecular formula is C25H30N2. The van der Waals surface area contributed by atoms with Gasteiger partial charge in [0.1, 0.15) is 0 Å². The van der Waals surface area contributed by atoms with Crippen molar-refractivity contribution >= 4 is 0 Å². The largest absolute Gasteiger partial charge is 0.291 e. The van der Waals surface area contributed by atoms with Crippen molar-refractivity contribution < 1.29 is 0 Å². The van der Waals surface area contributed by atoms with E-state index in [1.54, 1.807) is 0 Å². The lowest BCUT2D eigenvalue weighted by atomic mass is 9.87. The summed E-state index contributed by atoms with van der Waals surface area (Å²) in [7, 11) is 0. The van der Waals surface area contributed by atoms with Gasteiger partial charge in [-0.2, -0.15) is 0 Å². The number of hydrogen-bond donors (Lipinski definition) is 0. The SMILES string of the molecule is Cc1ccc(CN(Cc2ccncc2)Cc2ccc(C(C)(C)C)cc2)cc1. The molecular weight excluding hydrogens is 328 g/mol. The predicted octanol–water partition coefficient (Wildman–Crippen LogP) is 5.89. The second-order valence-corrected chi connectivity index (χ2v) is 8.43. The van der Waals surface area contributed by atoms with E-state index < -0.39 is 0 Å². The number of aryl methyl sites for hydroxylation is 1. The molecule has 0 aliphatic rings. The second-order valence-electron chi connectivity index (χ2n) is 8.43. The van der Waals surface area contributed by atoms with Gasteiger partial charge < -0.3 is 0 Å². The van der Waals surface area contributed by atoms with Crippen molar-refractivity contribution in [3.63, 3.8) is 0 Å². The minimum absolute atomic E-state index is 0.192. The molecule has 0 saturated carbocycles. The van der Waals surface area contributed by atoms with Crippen LogP contribution in [0.25, 0.3) is 0 Å². The van der Waals surface area contributed by atoms with Gasteiger partial charge in [0.25, 0.3) is 0 Å². The van der Waals surface area contributed by atoms with Gasteiger partial charge in [-0.1, -0.05) is 74.9 Å². The Morgan fingerprint density at radius 3 is 1.59 bits per heavy atom. The molecule has 0 radical (unpaired) electrons. The minimum atomic E-state index is 0.192. The molecule has 2 heteroatoms. The molecule has 1 aromatic heterocycles. The number of rotatable bonds is 6. The van der Waals surface area contributed by atoms with Crippen LogP contribution in [0.3, 0.4) is 0 Å². The zero-order valence-electron chi connectivity index (χ0n) is 16.9. The summed E-state index contributed by atoms with van der Waals surface area (Å²) in [5.41, 5.74) is 6.87. The van der Waals surface area contributed by atoms with Crippen LogP contribution >= 0.6 is 0 Å². The van der Waals surface area contributed by atoms with Crippen molar-refractivity contribution in [3.05, 3.63) is 101 Å². The van der Waals surface area contributed by atoms with Gasteiger partial charge in [0, 0.05) is 32.0 Å². The molecule has 140 valence electrons. The highest BCUT2D eigenvalue weighted by molar-refractivity contribution is 5.28. The summed E-state index contributed by atoms with van der Waals surface area (Å²) in [6.45, 7) is 11.7. The molecule has 27 heavy (non-hydrogen) atoms. The van der Waals surface area contributed by atoms with Gasteiger partial charge in [0.2, 0.25) is 0 Å². The molecule has 3 aromatic rings. The Balaban J connectivity index is 1.77. The van der Waals surface area contributed by atoms with Gasteiger partial charge in [-0.3, -0.25) is 9.88 Å². The Hall–Kier alpha value is -2.45. The van der Waals surface area contributed by atoms with Crippen LogP contribution in [0.5, 0.6) is 0 Å². The molecule has 3 rings (SSSR count). The molecule has 0 N–H and O–H groups in total. The molecule has 1 heterocycles. The standard InChI is InChI=1S/C25H30N2/c1-20-5-7-21(8-6-20)17-27(19-23-13-15-26-16-14-23)18-22-9-11-24(12-10-22)25(2,3)4/h5-16H,17-19H2,1-4H3. The van der Waals surface area contributed by atoms with Crippen molar-refractivity contribution in [1.29, 1.82) is 0 Å². The van der Waals surface area contributed by atoms with Gasteiger partial charge in [-0.25, -0.2) is 0 Å². The fourth-order valence-electron chi connectivity index (χ4n) is 3.23. The summed E-state index contributed by atoms with van der Waals surface area (Å²) in [6, 6.07) is 22.1. The number of nitrogens with zero attached hydrogens (tertiary/aromatic N) is 2. The van der Waals surface area contributed by atoms with Crippen LogP contribution in [0.15, 0.2) is 73.1 Å². The Kier molecular flexibility index (Phi) is 6.08. The van der Waals surface area contributed by atoms with Crippen LogP contribution in [0.1, 0.15) is 48.6 Å². The van der Waals surface area contributed by atoms with E-state index in [2.05, 4.69) is 98.2 Å². The Morgan fingerprint density at radius 1 is 0.667 bits per heavy atom. The van der Waals surface area contributed by atoms with E-state index >= 15 is 0 Å². The average molecular weight is 359 g/mol. The Labute approximate surface area is 163 Å². The highest BCUT2D eigenvalue weighted by Crippen LogP contribution is 2.23. The van der Waals surface area contributed by atoms with Crippen molar-refractivity contribution in [1.82, 2.24) is 9.88 Å².